The highest BCUT2D eigenvalue weighted by Gasteiger charge is 2.31. The maximum Gasteiger partial charge on any atom is 0.247 e. The second-order valence-corrected chi connectivity index (χ2v) is 8.28. The average Bonchev–Trinajstić information content (AvgIpc) is 3.08. The van der Waals surface area contributed by atoms with Gasteiger partial charge in [-0.15, -0.1) is 10.2 Å². The molecule has 1 aromatic heterocycles. The summed E-state index contributed by atoms with van der Waals surface area (Å²) < 4.78 is 0. The van der Waals surface area contributed by atoms with Gasteiger partial charge in [0.2, 0.25) is 11.8 Å². The van der Waals surface area contributed by atoms with Crippen molar-refractivity contribution >= 4 is 40.6 Å². The summed E-state index contributed by atoms with van der Waals surface area (Å²) in [5.41, 5.74) is 1.63. The Morgan fingerprint density at radius 2 is 2.19 bits per heavy atom. The zero-order chi connectivity index (χ0) is 18.5. The number of carbonyl (C=O) groups excluding carboxylic acids is 2. The monoisotopic (exact) mass is 390 g/mol. The fraction of sp³-hybridized carbons (Fsp3) is 0.444. The molecular weight excluding hydrogens is 368 g/mol. The second kappa shape index (κ2) is 8.64. The Bertz CT molecular complexity index is 793. The number of aryl methyl sites for hydroxylation is 1. The standard InChI is InChI=1S/C18H22N4O2S2/c1-12-20-21-18(26-12)13-6-5-7-14(10-13)19-17(24)15-8-3-4-9-22(15)16(23)11-25-2/h5-7,10,15H,3-4,8-9,11H2,1-2H3,(H,19,24)/t15-/m1/s1. The molecule has 1 fully saturated rings. The largest absolute Gasteiger partial charge is 0.330 e. The number of anilines is 1. The van der Waals surface area contributed by atoms with Crippen molar-refractivity contribution in [1.29, 1.82) is 0 Å². The van der Waals surface area contributed by atoms with Gasteiger partial charge in [-0.25, -0.2) is 0 Å². The lowest BCUT2D eigenvalue weighted by Crippen LogP contribution is -2.50. The van der Waals surface area contributed by atoms with Gasteiger partial charge in [0, 0.05) is 17.8 Å². The fourth-order valence-electron chi connectivity index (χ4n) is 3.08. The molecule has 26 heavy (non-hydrogen) atoms. The molecule has 1 saturated heterocycles. The van der Waals surface area contributed by atoms with E-state index in [9.17, 15) is 9.59 Å². The van der Waals surface area contributed by atoms with Gasteiger partial charge in [-0.2, -0.15) is 11.8 Å². The first kappa shape index (κ1) is 18.8. The number of thioether (sulfide) groups is 1. The molecule has 0 unspecified atom stereocenters. The normalized spacial score (nSPS) is 17.2. The molecule has 2 amide bonds. The van der Waals surface area contributed by atoms with Gasteiger partial charge in [0.25, 0.3) is 0 Å². The molecule has 0 bridgehead atoms. The molecule has 1 atom stereocenters. The van der Waals surface area contributed by atoms with Gasteiger partial charge in [0.1, 0.15) is 16.1 Å². The number of hydrogen-bond donors (Lipinski definition) is 1. The number of nitrogens with zero attached hydrogens (tertiary/aromatic N) is 3. The first-order valence-electron chi connectivity index (χ1n) is 8.58. The van der Waals surface area contributed by atoms with E-state index in [4.69, 9.17) is 0 Å². The van der Waals surface area contributed by atoms with Gasteiger partial charge >= 0.3 is 0 Å². The van der Waals surface area contributed by atoms with Crippen LogP contribution in [0.3, 0.4) is 0 Å². The number of aromatic nitrogens is 2. The van der Waals surface area contributed by atoms with Crippen LogP contribution in [0.1, 0.15) is 24.3 Å². The van der Waals surface area contributed by atoms with E-state index in [1.165, 1.54) is 23.1 Å². The SMILES string of the molecule is CSCC(=O)N1CCCC[C@@H]1C(=O)Nc1cccc(-c2nnc(C)s2)c1. The van der Waals surface area contributed by atoms with Gasteiger partial charge in [0.05, 0.1) is 5.75 Å². The molecule has 1 aromatic carbocycles. The Hall–Kier alpha value is -1.93. The first-order chi connectivity index (χ1) is 12.6. The lowest BCUT2D eigenvalue weighted by molar-refractivity contribution is -0.138. The fourth-order valence-corrected chi connectivity index (χ4v) is 4.18. The minimum Gasteiger partial charge on any atom is -0.330 e. The van der Waals surface area contributed by atoms with Crippen molar-refractivity contribution in [3.05, 3.63) is 29.3 Å². The van der Waals surface area contributed by atoms with Crippen LogP contribution in [0.25, 0.3) is 10.6 Å². The summed E-state index contributed by atoms with van der Waals surface area (Å²) in [5, 5.41) is 12.9. The van der Waals surface area contributed by atoms with Crippen molar-refractivity contribution in [3.63, 3.8) is 0 Å². The van der Waals surface area contributed by atoms with E-state index in [0.29, 0.717) is 24.4 Å². The number of rotatable bonds is 5. The second-order valence-electron chi connectivity index (χ2n) is 6.23. The minimum atomic E-state index is -0.393. The van der Waals surface area contributed by atoms with Crippen LogP contribution >= 0.6 is 23.1 Å². The molecule has 1 N–H and O–H groups in total. The first-order valence-corrected chi connectivity index (χ1v) is 10.8. The molecule has 0 radical (unpaired) electrons. The van der Waals surface area contributed by atoms with E-state index in [1.54, 1.807) is 4.90 Å². The number of amides is 2. The molecule has 2 heterocycles. The van der Waals surface area contributed by atoms with Gasteiger partial charge in [0.15, 0.2) is 0 Å². The number of nitrogens with one attached hydrogen (secondary N) is 1. The quantitative estimate of drug-likeness (QED) is 0.849. The van der Waals surface area contributed by atoms with E-state index in [0.717, 1.165) is 28.4 Å². The van der Waals surface area contributed by atoms with Gasteiger partial charge in [-0.3, -0.25) is 9.59 Å². The van der Waals surface area contributed by atoms with E-state index >= 15 is 0 Å². The summed E-state index contributed by atoms with van der Waals surface area (Å²) >= 11 is 3.00. The molecule has 3 rings (SSSR count). The third kappa shape index (κ3) is 4.42. The van der Waals surface area contributed by atoms with Gasteiger partial charge in [-0.1, -0.05) is 23.5 Å². The Balaban J connectivity index is 1.73. The summed E-state index contributed by atoms with van der Waals surface area (Å²) in [6.45, 7) is 2.57. The van der Waals surface area contributed by atoms with E-state index in [-0.39, 0.29) is 11.8 Å². The summed E-state index contributed by atoms with van der Waals surface area (Å²) in [6, 6.07) is 7.20. The molecule has 8 heteroatoms. The average molecular weight is 391 g/mol. The predicted octanol–water partition coefficient (Wildman–Crippen LogP) is 3.20. The van der Waals surface area contributed by atoms with Gasteiger partial charge < -0.3 is 10.2 Å². The summed E-state index contributed by atoms with van der Waals surface area (Å²) in [5.74, 6) is 0.329. The molecule has 6 nitrogen and oxygen atoms in total. The zero-order valence-corrected chi connectivity index (χ0v) is 16.5. The zero-order valence-electron chi connectivity index (χ0n) is 14.9. The van der Waals surface area contributed by atoms with Crippen LogP contribution < -0.4 is 5.32 Å². The molecule has 2 aromatic rings. The van der Waals surface area contributed by atoms with Crippen molar-refractivity contribution in [2.45, 2.75) is 32.2 Å². The highest BCUT2D eigenvalue weighted by Crippen LogP contribution is 2.26. The van der Waals surface area contributed by atoms with Crippen LogP contribution in [0.2, 0.25) is 0 Å². The van der Waals surface area contributed by atoms with Crippen LogP contribution in [-0.2, 0) is 9.59 Å². The van der Waals surface area contributed by atoms with Crippen molar-refractivity contribution in [2.75, 3.05) is 23.9 Å². The Kier molecular flexibility index (Phi) is 6.26. The highest BCUT2D eigenvalue weighted by atomic mass is 32.2. The smallest absolute Gasteiger partial charge is 0.247 e. The molecule has 1 aliphatic heterocycles. The third-order valence-electron chi connectivity index (χ3n) is 4.30. The van der Waals surface area contributed by atoms with Crippen molar-refractivity contribution in [1.82, 2.24) is 15.1 Å². The third-order valence-corrected chi connectivity index (χ3v) is 5.72. The van der Waals surface area contributed by atoms with Crippen LogP contribution in [0.4, 0.5) is 5.69 Å². The maximum absolute atomic E-state index is 12.8. The lowest BCUT2D eigenvalue weighted by Gasteiger charge is -2.34. The topological polar surface area (TPSA) is 75.2 Å². The minimum absolute atomic E-state index is 0.0374. The number of piperidine rings is 1. The summed E-state index contributed by atoms with van der Waals surface area (Å²) in [6.07, 6.45) is 4.53. The molecular formula is C18H22N4O2S2. The van der Waals surface area contributed by atoms with Crippen LogP contribution in [0.5, 0.6) is 0 Å². The van der Waals surface area contributed by atoms with E-state index < -0.39 is 6.04 Å². The number of hydrogen-bond acceptors (Lipinski definition) is 6. The molecule has 0 spiro atoms. The van der Waals surface area contributed by atoms with E-state index in [1.807, 2.05) is 37.4 Å². The molecule has 0 aliphatic carbocycles. The van der Waals surface area contributed by atoms with Crippen molar-refractivity contribution in [2.24, 2.45) is 0 Å². The van der Waals surface area contributed by atoms with Crippen LogP contribution in [0.15, 0.2) is 24.3 Å². The van der Waals surface area contributed by atoms with Crippen LogP contribution in [0, 0.1) is 6.92 Å². The van der Waals surface area contributed by atoms with Crippen molar-refractivity contribution < 1.29 is 9.59 Å². The lowest BCUT2D eigenvalue weighted by atomic mass is 10.0. The molecule has 138 valence electrons. The molecule has 0 saturated carbocycles. The Labute approximate surface area is 161 Å². The van der Waals surface area contributed by atoms with E-state index in [2.05, 4.69) is 15.5 Å². The predicted molar refractivity (Wildman–Crippen MR) is 106 cm³/mol. The number of likely N-dealkylation sites (tertiary alicyclic amines) is 1. The molecule has 1 aliphatic rings. The Morgan fingerprint density at radius 1 is 1.35 bits per heavy atom. The summed E-state index contributed by atoms with van der Waals surface area (Å²) in [7, 11) is 0. The number of carbonyl (C=O) groups is 2. The number of benzene rings is 1. The Morgan fingerprint density at radius 3 is 2.92 bits per heavy atom. The van der Waals surface area contributed by atoms with Gasteiger partial charge in [-0.05, 0) is 44.6 Å². The van der Waals surface area contributed by atoms with Crippen LogP contribution in [-0.4, -0.2) is 51.5 Å². The maximum atomic E-state index is 12.8. The highest BCUT2D eigenvalue weighted by molar-refractivity contribution is 7.99. The van der Waals surface area contributed by atoms with Crippen molar-refractivity contribution in [3.8, 4) is 10.6 Å². The summed E-state index contributed by atoms with van der Waals surface area (Å²) in [4.78, 5) is 26.8.